The van der Waals surface area contributed by atoms with Gasteiger partial charge in [0.25, 0.3) is 0 Å². The summed E-state index contributed by atoms with van der Waals surface area (Å²) in [5, 5.41) is 0. The van der Waals surface area contributed by atoms with E-state index in [9.17, 15) is 0 Å². The van der Waals surface area contributed by atoms with Crippen LogP contribution in [0.1, 0.15) is 0 Å². The quantitative estimate of drug-likeness (QED) is 0.541. The second-order valence-electron chi connectivity index (χ2n) is 1.94. The van der Waals surface area contributed by atoms with E-state index in [1.807, 2.05) is 0 Å². The lowest BCUT2D eigenvalue weighted by Gasteiger charge is -2.23. The van der Waals surface area contributed by atoms with Gasteiger partial charge in [-0.25, -0.2) is 0 Å². The topological polar surface area (TPSA) is 6.48 Å². The fraction of sp³-hybridized carbons (Fsp3) is 1.00. The number of rotatable bonds is 2. The van der Waals surface area contributed by atoms with Gasteiger partial charge in [0.2, 0.25) is 0 Å². The van der Waals surface area contributed by atoms with E-state index in [4.69, 9.17) is 0 Å². The van der Waals surface area contributed by atoms with E-state index in [0.29, 0.717) is 0 Å². The molecule has 0 amide bonds. The molecule has 0 spiro atoms. The van der Waals surface area contributed by atoms with Crippen molar-refractivity contribution in [1.82, 2.24) is 9.34 Å². The fourth-order valence-corrected chi connectivity index (χ4v) is 1.07. The Morgan fingerprint density at radius 1 is 1.00 bits per heavy atom. The highest BCUT2D eigenvalue weighted by Gasteiger charge is 2.06. The fourth-order valence-electron chi connectivity index (χ4n) is 0.358. The first-order valence-electron chi connectivity index (χ1n) is 2.36. The summed E-state index contributed by atoms with van der Waals surface area (Å²) in [6, 6.07) is 0. The van der Waals surface area contributed by atoms with Gasteiger partial charge >= 0.3 is 0 Å². The molecule has 0 aromatic carbocycles. The smallest absolute Gasteiger partial charge is 0.106 e. The lowest BCUT2D eigenvalue weighted by atomic mass is 11.3. The summed E-state index contributed by atoms with van der Waals surface area (Å²) in [4.78, 5) is 0. The zero-order valence-corrected chi connectivity index (χ0v) is 8.77. The number of halogens is 1. The molecule has 0 aliphatic carbocycles. The largest absolute Gasteiger partial charge is 0.268 e. The Hall–Kier alpha value is 1.08. The summed E-state index contributed by atoms with van der Waals surface area (Å²) in [7, 11) is 8.38. The molecule has 0 rings (SSSR count). The van der Waals surface area contributed by atoms with Crippen LogP contribution in [0, 0.1) is 0 Å². The summed E-state index contributed by atoms with van der Waals surface area (Å²) in [5.74, 6) is -0.0619. The zero-order valence-electron chi connectivity index (χ0n) is 5.72. The Kier molecular flexibility index (Phi) is 4.52. The van der Waals surface area contributed by atoms with Gasteiger partial charge in [-0.1, -0.05) is 0 Å². The first-order chi connectivity index (χ1) is 3.55. The summed E-state index contributed by atoms with van der Waals surface area (Å²) in [6.07, 6.45) is 0. The summed E-state index contributed by atoms with van der Waals surface area (Å²) in [5.41, 5.74) is 0. The van der Waals surface area contributed by atoms with E-state index in [2.05, 4.69) is 59.6 Å². The Bertz CT molecular complexity index is 59.1. The highest BCUT2D eigenvalue weighted by Crippen LogP contribution is 2.47. The molecule has 0 unspecified atom stereocenters. The van der Waals surface area contributed by atoms with Crippen molar-refractivity contribution in [2.24, 2.45) is 0 Å². The van der Waals surface area contributed by atoms with E-state index in [1.54, 1.807) is 0 Å². The van der Waals surface area contributed by atoms with Crippen LogP contribution in [-0.2, 0) is 0 Å². The third kappa shape index (κ3) is 3.17. The van der Waals surface area contributed by atoms with Gasteiger partial charge in [0.05, 0.1) is 0 Å². The first-order valence-corrected chi connectivity index (χ1v) is 6.39. The molecular formula is C4H12IN2P. The van der Waals surface area contributed by atoms with Crippen molar-refractivity contribution in [2.75, 3.05) is 28.2 Å². The van der Waals surface area contributed by atoms with Crippen molar-refractivity contribution in [2.45, 2.75) is 0 Å². The molecule has 0 heterocycles. The predicted molar refractivity (Wildman–Crippen MR) is 48.3 cm³/mol. The third-order valence-corrected chi connectivity index (χ3v) is 7.16. The second-order valence-corrected chi connectivity index (χ2v) is 6.61. The van der Waals surface area contributed by atoms with Gasteiger partial charge in [-0.15, -0.1) is 0 Å². The molecule has 0 N–H and O–H groups in total. The minimum atomic E-state index is -0.0619. The number of hydrogen-bond donors (Lipinski definition) is 0. The molecule has 0 fully saturated rings. The minimum absolute atomic E-state index is 0.0619. The van der Waals surface area contributed by atoms with Crippen LogP contribution < -0.4 is 0 Å². The van der Waals surface area contributed by atoms with Gasteiger partial charge in [-0.05, 0) is 50.2 Å². The molecule has 0 aliphatic heterocycles. The van der Waals surface area contributed by atoms with E-state index in [-0.39, 0.29) is 5.87 Å². The standard InChI is InChI=1S/C4H12IN2P/c1-6(2)8(5)7(3)4/h1-4H3. The van der Waals surface area contributed by atoms with Gasteiger partial charge in [-0.3, -0.25) is 9.34 Å². The Morgan fingerprint density at radius 3 is 1.25 bits per heavy atom. The van der Waals surface area contributed by atoms with Crippen molar-refractivity contribution in [3.63, 3.8) is 0 Å². The van der Waals surface area contributed by atoms with Crippen LogP contribution in [0.15, 0.2) is 0 Å². The highest BCUT2D eigenvalue weighted by atomic mass is 127. The summed E-state index contributed by atoms with van der Waals surface area (Å²) < 4.78 is 4.44. The van der Waals surface area contributed by atoms with Crippen molar-refractivity contribution >= 4 is 27.9 Å². The van der Waals surface area contributed by atoms with Crippen molar-refractivity contribution in [1.29, 1.82) is 0 Å². The molecule has 0 atom stereocenters. The number of nitrogens with zero attached hydrogens (tertiary/aromatic N) is 2. The SMILES string of the molecule is CN(C)P(I)N(C)C. The van der Waals surface area contributed by atoms with Gasteiger partial charge < -0.3 is 0 Å². The molecule has 2 nitrogen and oxygen atoms in total. The second kappa shape index (κ2) is 3.99. The van der Waals surface area contributed by atoms with Crippen molar-refractivity contribution in [3.8, 4) is 0 Å². The van der Waals surface area contributed by atoms with Crippen LogP contribution in [0.3, 0.4) is 0 Å². The lowest BCUT2D eigenvalue weighted by Crippen LogP contribution is -2.12. The van der Waals surface area contributed by atoms with Gasteiger partial charge in [0, 0.05) is 0 Å². The summed E-state index contributed by atoms with van der Waals surface area (Å²) in [6.45, 7) is 0. The van der Waals surface area contributed by atoms with Gasteiger partial charge in [0.15, 0.2) is 0 Å². The Balaban J connectivity index is 3.46. The minimum Gasteiger partial charge on any atom is -0.268 e. The zero-order chi connectivity index (χ0) is 6.73. The van der Waals surface area contributed by atoms with Crippen LogP contribution in [-0.4, -0.2) is 37.5 Å². The van der Waals surface area contributed by atoms with E-state index in [0.717, 1.165) is 0 Å². The molecule has 0 bridgehead atoms. The highest BCUT2D eigenvalue weighted by molar-refractivity contribution is 14.2. The van der Waals surface area contributed by atoms with Crippen LogP contribution >= 0.6 is 27.9 Å². The molecule has 0 saturated carbocycles. The summed E-state index contributed by atoms with van der Waals surface area (Å²) >= 11 is 2.44. The maximum atomic E-state index is 2.44. The average molecular weight is 246 g/mol. The first kappa shape index (κ1) is 9.08. The molecule has 0 saturated heterocycles. The molecule has 8 heavy (non-hydrogen) atoms. The van der Waals surface area contributed by atoms with Crippen LogP contribution in [0.4, 0.5) is 0 Å². The van der Waals surface area contributed by atoms with E-state index >= 15 is 0 Å². The molecule has 0 aromatic heterocycles. The van der Waals surface area contributed by atoms with E-state index < -0.39 is 0 Å². The maximum Gasteiger partial charge on any atom is 0.106 e. The van der Waals surface area contributed by atoms with Crippen LogP contribution in [0.2, 0.25) is 0 Å². The van der Waals surface area contributed by atoms with Gasteiger partial charge in [0.1, 0.15) is 5.87 Å². The molecular weight excluding hydrogens is 234 g/mol. The lowest BCUT2D eigenvalue weighted by molar-refractivity contribution is 0.594. The normalized spacial score (nSPS) is 12.0. The van der Waals surface area contributed by atoms with Crippen molar-refractivity contribution < 1.29 is 0 Å². The maximum absolute atomic E-state index is 2.44. The van der Waals surface area contributed by atoms with Crippen LogP contribution in [0.25, 0.3) is 0 Å². The molecule has 4 heteroatoms. The molecule has 0 aliphatic rings. The Labute approximate surface area is 65.6 Å². The average Bonchev–Trinajstić information content (AvgIpc) is 1.64. The molecule has 50 valence electrons. The molecule has 0 aromatic rings. The van der Waals surface area contributed by atoms with E-state index in [1.165, 1.54) is 0 Å². The van der Waals surface area contributed by atoms with Crippen LogP contribution in [0.5, 0.6) is 0 Å². The van der Waals surface area contributed by atoms with Gasteiger partial charge in [-0.2, -0.15) is 0 Å². The molecule has 0 radical (unpaired) electrons. The Morgan fingerprint density at radius 2 is 1.25 bits per heavy atom. The van der Waals surface area contributed by atoms with Crippen molar-refractivity contribution in [3.05, 3.63) is 0 Å². The third-order valence-electron chi connectivity index (χ3n) is 0.660. The monoisotopic (exact) mass is 246 g/mol. The number of hydrogen-bond acceptors (Lipinski definition) is 2. The predicted octanol–water partition coefficient (Wildman–Crippen LogP) is 1.77.